The number of alkyl halides is 3. The first-order chi connectivity index (χ1) is 19.4. The Hall–Kier alpha value is -2.41. The molecule has 5 aliphatic heterocycles. The van der Waals surface area contributed by atoms with E-state index in [9.17, 15) is 13.2 Å². The van der Waals surface area contributed by atoms with Crippen molar-refractivity contribution in [3.63, 3.8) is 0 Å². The average Bonchev–Trinajstić information content (AvgIpc) is 3.37. The predicted octanol–water partition coefficient (Wildman–Crippen LogP) is 4.44. The highest BCUT2D eigenvalue weighted by atomic mass is 19.4. The second kappa shape index (κ2) is 10.7. The molecule has 0 radical (unpaired) electrons. The summed E-state index contributed by atoms with van der Waals surface area (Å²) >= 11 is 0. The first-order valence-corrected chi connectivity index (χ1v) is 14.7. The SMILES string of the molecule is CC1(C)C[C@H](C2(N)N=C(Nc3ccc(OC4CCN(C5COC5)CC4)c(C(F)(F)F)c3)NC=C2F)C[C@@H]2CCCN21. The van der Waals surface area contributed by atoms with Gasteiger partial charge in [0.25, 0.3) is 0 Å². The van der Waals surface area contributed by atoms with Crippen LogP contribution in [-0.2, 0) is 10.9 Å². The molecular weight excluding hydrogens is 540 g/mol. The van der Waals surface area contributed by atoms with Crippen molar-refractivity contribution in [2.75, 3.05) is 38.2 Å². The highest BCUT2D eigenvalue weighted by Gasteiger charge is 2.51. The van der Waals surface area contributed by atoms with E-state index < -0.39 is 23.2 Å². The van der Waals surface area contributed by atoms with Crippen LogP contribution in [0.3, 0.4) is 0 Å². The summed E-state index contributed by atoms with van der Waals surface area (Å²) in [5, 5.41) is 5.63. The number of ether oxygens (including phenoxy) is 2. The molecule has 6 rings (SSSR count). The fourth-order valence-electron chi connectivity index (χ4n) is 7.25. The van der Waals surface area contributed by atoms with Gasteiger partial charge in [-0.2, -0.15) is 13.2 Å². The van der Waals surface area contributed by atoms with Gasteiger partial charge in [-0.1, -0.05) is 0 Å². The summed E-state index contributed by atoms with van der Waals surface area (Å²) in [4.78, 5) is 9.31. The molecular formula is C29H40F4N6O2. The molecule has 3 atom stereocenters. The number of anilines is 1. The maximum absolute atomic E-state index is 15.3. The molecule has 8 nitrogen and oxygen atoms in total. The molecule has 0 spiro atoms. The first-order valence-electron chi connectivity index (χ1n) is 14.7. The molecule has 0 bridgehead atoms. The number of guanidine groups is 1. The Balaban J connectivity index is 1.17. The Labute approximate surface area is 238 Å². The Kier molecular flexibility index (Phi) is 7.49. The lowest BCUT2D eigenvalue weighted by Gasteiger charge is -2.51. The van der Waals surface area contributed by atoms with Crippen LogP contribution in [0.2, 0.25) is 0 Å². The van der Waals surface area contributed by atoms with Crippen LogP contribution in [0.4, 0.5) is 23.2 Å². The number of hydrogen-bond donors (Lipinski definition) is 3. The molecule has 1 aromatic carbocycles. The number of fused-ring (bicyclic) bond motifs is 1. The molecule has 4 fully saturated rings. The van der Waals surface area contributed by atoms with Gasteiger partial charge >= 0.3 is 6.18 Å². The number of likely N-dealkylation sites (tertiary alicyclic amines) is 1. The number of nitrogens with one attached hydrogen (secondary N) is 2. The summed E-state index contributed by atoms with van der Waals surface area (Å²) in [7, 11) is 0. The first kappa shape index (κ1) is 28.7. The Bertz CT molecular complexity index is 1190. The normalized spacial score (nSPS) is 31.5. The van der Waals surface area contributed by atoms with Gasteiger partial charge in [0.15, 0.2) is 11.5 Å². The maximum Gasteiger partial charge on any atom is 0.420 e. The number of halogens is 4. The predicted molar refractivity (Wildman–Crippen MR) is 148 cm³/mol. The maximum atomic E-state index is 15.3. The number of nitrogens with zero attached hydrogens (tertiary/aromatic N) is 3. The van der Waals surface area contributed by atoms with Gasteiger partial charge < -0.3 is 25.8 Å². The van der Waals surface area contributed by atoms with Gasteiger partial charge in [0.2, 0.25) is 5.96 Å². The second-order valence-corrected chi connectivity index (χ2v) is 12.7. The zero-order chi connectivity index (χ0) is 29.0. The Morgan fingerprint density at radius 2 is 1.88 bits per heavy atom. The van der Waals surface area contributed by atoms with Crippen LogP contribution in [0.25, 0.3) is 0 Å². The molecule has 0 saturated carbocycles. The molecule has 226 valence electrons. The summed E-state index contributed by atoms with van der Waals surface area (Å²) in [6.07, 6.45) is 1.08. The van der Waals surface area contributed by atoms with Crippen LogP contribution >= 0.6 is 0 Å². The monoisotopic (exact) mass is 580 g/mol. The minimum Gasteiger partial charge on any atom is -0.490 e. The van der Waals surface area contributed by atoms with E-state index in [2.05, 4.69) is 39.3 Å². The molecule has 41 heavy (non-hydrogen) atoms. The summed E-state index contributed by atoms with van der Waals surface area (Å²) < 4.78 is 68.8. The lowest BCUT2D eigenvalue weighted by atomic mass is 9.73. The smallest absolute Gasteiger partial charge is 0.420 e. The summed E-state index contributed by atoms with van der Waals surface area (Å²) in [6.45, 7) is 8.30. The van der Waals surface area contributed by atoms with Crippen LogP contribution < -0.4 is 21.1 Å². The lowest BCUT2D eigenvalue weighted by Crippen LogP contribution is -2.60. The summed E-state index contributed by atoms with van der Waals surface area (Å²) in [5.74, 6) is -0.922. The van der Waals surface area contributed by atoms with Crippen LogP contribution in [0, 0.1) is 5.92 Å². The van der Waals surface area contributed by atoms with Gasteiger partial charge in [-0.15, -0.1) is 0 Å². The van der Waals surface area contributed by atoms with Gasteiger partial charge in [0.1, 0.15) is 11.9 Å². The van der Waals surface area contributed by atoms with Crippen LogP contribution in [0.15, 0.2) is 35.2 Å². The van der Waals surface area contributed by atoms with Crippen molar-refractivity contribution in [1.29, 1.82) is 0 Å². The fourth-order valence-corrected chi connectivity index (χ4v) is 7.25. The molecule has 12 heteroatoms. The molecule has 0 amide bonds. The number of hydrogen-bond acceptors (Lipinski definition) is 8. The quantitative estimate of drug-likeness (QED) is 0.444. The number of nitrogens with two attached hydrogens (primary N) is 1. The third kappa shape index (κ3) is 5.68. The molecule has 4 N–H and O–H groups in total. The van der Waals surface area contributed by atoms with Crippen molar-refractivity contribution < 1.29 is 27.0 Å². The summed E-state index contributed by atoms with van der Waals surface area (Å²) in [5.41, 5.74) is 4.19. The van der Waals surface area contributed by atoms with E-state index in [-0.39, 0.29) is 35.0 Å². The van der Waals surface area contributed by atoms with E-state index in [1.54, 1.807) is 0 Å². The highest BCUT2D eigenvalue weighted by Crippen LogP contribution is 2.46. The minimum atomic E-state index is -4.62. The van der Waals surface area contributed by atoms with Crippen LogP contribution in [0.1, 0.15) is 57.9 Å². The molecule has 5 aliphatic rings. The molecule has 1 unspecified atom stereocenters. The highest BCUT2D eigenvalue weighted by molar-refractivity contribution is 5.95. The van der Waals surface area contributed by atoms with Gasteiger partial charge in [-0.3, -0.25) is 9.80 Å². The lowest BCUT2D eigenvalue weighted by molar-refractivity contribution is -0.139. The van der Waals surface area contributed by atoms with Crippen molar-refractivity contribution >= 4 is 11.6 Å². The fraction of sp³-hybridized carbons (Fsp3) is 0.690. The van der Waals surface area contributed by atoms with Crippen LogP contribution in [0.5, 0.6) is 5.75 Å². The number of piperidine rings is 2. The number of rotatable bonds is 5. The Morgan fingerprint density at radius 1 is 1.12 bits per heavy atom. The van der Waals surface area contributed by atoms with Crippen molar-refractivity contribution in [1.82, 2.24) is 15.1 Å². The van der Waals surface area contributed by atoms with Gasteiger partial charge in [0, 0.05) is 42.5 Å². The molecule has 1 aromatic rings. The third-order valence-corrected chi connectivity index (χ3v) is 9.55. The van der Waals surface area contributed by atoms with Gasteiger partial charge in [0.05, 0.1) is 24.8 Å². The zero-order valence-electron chi connectivity index (χ0n) is 23.6. The van der Waals surface area contributed by atoms with Crippen molar-refractivity contribution in [2.24, 2.45) is 16.6 Å². The standard InChI is InChI=1S/C29H40F4N6O2/c1-27(2)14-18(12-20-4-3-9-39(20)27)28(34)25(30)15-35-26(37-28)36-19-5-6-24(23(13-19)29(31,32)33)41-22-7-10-38(11-8-22)21-16-40-17-21/h5-6,13,15,18,20-22H,3-4,7-12,14,16-17,34H2,1-2H3,(H2,35,36,37)/t18-,20+,28?/m1/s1. The molecule has 0 aromatic heterocycles. The van der Waals surface area contributed by atoms with E-state index in [1.807, 2.05) is 0 Å². The molecule has 4 saturated heterocycles. The van der Waals surface area contributed by atoms with E-state index >= 15 is 4.39 Å². The third-order valence-electron chi connectivity index (χ3n) is 9.55. The van der Waals surface area contributed by atoms with E-state index in [1.165, 1.54) is 12.1 Å². The topological polar surface area (TPSA) is 87.4 Å². The number of benzene rings is 1. The van der Waals surface area contributed by atoms with Gasteiger partial charge in [-0.05, 0) is 77.1 Å². The van der Waals surface area contributed by atoms with Crippen LogP contribution in [-0.4, -0.2) is 78.0 Å². The second-order valence-electron chi connectivity index (χ2n) is 12.7. The van der Waals surface area contributed by atoms with E-state index in [0.717, 1.165) is 51.2 Å². The largest absolute Gasteiger partial charge is 0.490 e. The number of aliphatic imine (C=N–C) groups is 1. The van der Waals surface area contributed by atoms with E-state index in [0.29, 0.717) is 44.6 Å². The van der Waals surface area contributed by atoms with E-state index in [4.69, 9.17) is 15.2 Å². The van der Waals surface area contributed by atoms with Gasteiger partial charge in [-0.25, -0.2) is 9.38 Å². The zero-order valence-corrected chi connectivity index (χ0v) is 23.6. The molecule has 5 heterocycles. The molecule has 0 aliphatic carbocycles. The summed E-state index contributed by atoms with van der Waals surface area (Å²) in [6, 6.07) is 4.59. The van der Waals surface area contributed by atoms with Crippen molar-refractivity contribution in [2.45, 2.75) is 87.9 Å². The Morgan fingerprint density at radius 3 is 2.56 bits per heavy atom. The average molecular weight is 581 g/mol. The van der Waals surface area contributed by atoms with Crippen molar-refractivity contribution in [3.05, 3.63) is 35.8 Å². The van der Waals surface area contributed by atoms with Crippen molar-refractivity contribution in [3.8, 4) is 5.75 Å². The minimum absolute atomic E-state index is 0.106.